The summed E-state index contributed by atoms with van der Waals surface area (Å²) >= 11 is 0. The van der Waals surface area contributed by atoms with Crippen molar-refractivity contribution < 1.29 is 8.78 Å². The molecule has 2 nitrogen and oxygen atoms in total. The van der Waals surface area contributed by atoms with E-state index in [-0.39, 0.29) is 12.1 Å². The Bertz CT molecular complexity index is 395. The largest absolute Gasteiger partial charge is 0.328 e. The van der Waals surface area contributed by atoms with E-state index in [1.54, 1.807) is 0 Å². The predicted octanol–water partition coefficient (Wildman–Crippen LogP) is 2.50. The number of benzene rings is 1. The van der Waals surface area contributed by atoms with Crippen LogP contribution in [0, 0.1) is 11.6 Å². The quantitative estimate of drug-likeness (QED) is 0.852. The monoisotopic (exact) mass is 240 g/mol. The van der Waals surface area contributed by atoms with Gasteiger partial charge < -0.3 is 11.1 Å². The molecule has 0 radical (unpaired) electrons. The summed E-state index contributed by atoms with van der Waals surface area (Å²) in [5, 5.41) is 3.34. The third kappa shape index (κ3) is 3.01. The van der Waals surface area contributed by atoms with Gasteiger partial charge in [-0.1, -0.05) is 6.07 Å². The number of nitrogens with one attached hydrogen (secondary N) is 1. The maximum absolute atomic E-state index is 13.5. The topological polar surface area (TPSA) is 38.0 Å². The summed E-state index contributed by atoms with van der Waals surface area (Å²) < 4.78 is 26.3. The van der Waals surface area contributed by atoms with Gasteiger partial charge in [-0.25, -0.2) is 8.78 Å². The zero-order valence-corrected chi connectivity index (χ0v) is 9.92. The molecular formula is C13H18F2N2. The van der Waals surface area contributed by atoms with E-state index < -0.39 is 11.6 Å². The van der Waals surface area contributed by atoms with Crippen LogP contribution in [0.2, 0.25) is 0 Å². The fraction of sp³-hybridized carbons (Fsp3) is 0.538. The second-order valence-corrected chi connectivity index (χ2v) is 4.82. The molecule has 4 heteroatoms. The van der Waals surface area contributed by atoms with Gasteiger partial charge in [0.15, 0.2) is 0 Å². The minimum absolute atomic E-state index is 0.120. The van der Waals surface area contributed by atoms with Crippen molar-refractivity contribution in [2.75, 3.05) is 0 Å². The molecule has 1 aliphatic carbocycles. The highest BCUT2D eigenvalue weighted by molar-refractivity contribution is 5.21. The Hall–Kier alpha value is -1.00. The van der Waals surface area contributed by atoms with Crippen LogP contribution in [0.5, 0.6) is 0 Å². The number of halogens is 2. The van der Waals surface area contributed by atoms with Gasteiger partial charge >= 0.3 is 0 Å². The second-order valence-electron chi connectivity index (χ2n) is 4.82. The Balaban J connectivity index is 2.01. The van der Waals surface area contributed by atoms with Gasteiger partial charge in [0.25, 0.3) is 0 Å². The van der Waals surface area contributed by atoms with Crippen LogP contribution in [0.3, 0.4) is 0 Å². The van der Waals surface area contributed by atoms with Crippen molar-refractivity contribution in [3.8, 4) is 0 Å². The highest BCUT2D eigenvalue weighted by Crippen LogP contribution is 2.23. The smallest absolute Gasteiger partial charge is 0.130 e. The van der Waals surface area contributed by atoms with Crippen LogP contribution < -0.4 is 11.1 Å². The van der Waals surface area contributed by atoms with Crippen molar-refractivity contribution in [2.45, 2.75) is 44.3 Å². The molecule has 3 N–H and O–H groups in total. The lowest BCUT2D eigenvalue weighted by Gasteiger charge is -2.20. The Kier molecular flexibility index (Phi) is 3.74. The molecule has 0 saturated heterocycles. The predicted molar refractivity (Wildman–Crippen MR) is 63.5 cm³/mol. The highest BCUT2D eigenvalue weighted by Gasteiger charge is 2.23. The molecule has 2 rings (SSSR count). The summed E-state index contributed by atoms with van der Waals surface area (Å²) in [6.07, 6.45) is 2.96. The molecule has 1 aromatic rings. The molecule has 1 saturated carbocycles. The lowest BCUT2D eigenvalue weighted by atomic mass is 10.1. The molecule has 0 spiro atoms. The molecule has 94 valence electrons. The Labute approximate surface area is 100 Å². The number of nitrogens with two attached hydrogens (primary N) is 1. The van der Waals surface area contributed by atoms with Crippen LogP contribution in [0.15, 0.2) is 18.2 Å². The molecule has 0 amide bonds. The molecule has 1 fully saturated rings. The van der Waals surface area contributed by atoms with Gasteiger partial charge in [-0.3, -0.25) is 0 Å². The van der Waals surface area contributed by atoms with E-state index in [9.17, 15) is 8.78 Å². The van der Waals surface area contributed by atoms with Crippen molar-refractivity contribution >= 4 is 0 Å². The highest BCUT2D eigenvalue weighted by atomic mass is 19.1. The van der Waals surface area contributed by atoms with Crippen LogP contribution >= 0.6 is 0 Å². The van der Waals surface area contributed by atoms with Crippen molar-refractivity contribution in [1.82, 2.24) is 5.32 Å². The zero-order chi connectivity index (χ0) is 12.4. The van der Waals surface area contributed by atoms with E-state index in [0.29, 0.717) is 11.6 Å². The zero-order valence-electron chi connectivity index (χ0n) is 9.92. The average Bonchev–Trinajstić information content (AvgIpc) is 2.63. The fourth-order valence-electron chi connectivity index (χ4n) is 2.46. The standard InChI is InChI=1S/C13H18F2N2/c1-8(17-11-4-3-10(16)7-11)12-5-2-9(14)6-13(12)15/h2,5-6,8,10-11,17H,3-4,7,16H2,1H3. The Morgan fingerprint density at radius 3 is 2.71 bits per heavy atom. The maximum atomic E-state index is 13.5. The number of rotatable bonds is 3. The first-order valence-corrected chi connectivity index (χ1v) is 6.03. The minimum Gasteiger partial charge on any atom is -0.328 e. The van der Waals surface area contributed by atoms with Crippen molar-refractivity contribution in [1.29, 1.82) is 0 Å². The maximum Gasteiger partial charge on any atom is 0.130 e. The first kappa shape index (κ1) is 12.5. The number of hydrogen-bond donors (Lipinski definition) is 2. The molecule has 3 atom stereocenters. The van der Waals surface area contributed by atoms with E-state index in [4.69, 9.17) is 5.73 Å². The normalized spacial score (nSPS) is 26.1. The van der Waals surface area contributed by atoms with E-state index in [1.807, 2.05) is 6.92 Å². The van der Waals surface area contributed by atoms with Gasteiger partial charge in [0, 0.05) is 29.8 Å². The molecule has 0 aromatic heterocycles. The molecule has 3 unspecified atom stereocenters. The fourth-order valence-corrected chi connectivity index (χ4v) is 2.46. The lowest BCUT2D eigenvalue weighted by molar-refractivity contribution is 0.442. The Morgan fingerprint density at radius 2 is 2.12 bits per heavy atom. The van der Waals surface area contributed by atoms with E-state index in [0.717, 1.165) is 25.3 Å². The molecule has 1 aliphatic rings. The first-order valence-electron chi connectivity index (χ1n) is 6.03. The van der Waals surface area contributed by atoms with E-state index in [2.05, 4.69) is 5.32 Å². The average molecular weight is 240 g/mol. The summed E-state index contributed by atoms with van der Waals surface area (Å²) in [6, 6.07) is 4.18. The van der Waals surface area contributed by atoms with Gasteiger partial charge in [0.05, 0.1) is 0 Å². The molecule has 17 heavy (non-hydrogen) atoms. The summed E-state index contributed by atoms with van der Waals surface area (Å²) in [7, 11) is 0. The number of hydrogen-bond acceptors (Lipinski definition) is 2. The lowest BCUT2D eigenvalue weighted by Crippen LogP contribution is -2.31. The van der Waals surface area contributed by atoms with Crippen LogP contribution in [0.25, 0.3) is 0 Å². The van der Waals surface area contributed by atoms with Crippen LogP contribution in [-0.2, 0) is 0 Å². The van der Waals surface area contributed by atoms with Crippen LogP contribution in [0.4, 0.5) is 8.78 Å². The van der Waals surface area contributed by atoms with Gasteiger partial charge in [0.1, 0.15) is 11.6 Å². The van der Waals surface area contributed by atoms with Gasteiger partial charge in [0.2, 0.25) is 0 Å². The second kappa shape index (κ2) is 5.10. The van der Waals surface area contributed by atoms with Crippen LogP contribution in [-0.4, -0.2) is 12.1 Å². The van der Waals surface area contributed by atoms with Gasteiger partial charge in [-0.2, -0.15) is 0 Å². The van der Waals surface area contributed by atoms with E-state index >= 15 is 0 Å². The third-order valence-electron chi connectivity index (χ3n) is 3.39. The summed E-state index contributed by atoms with van der Waals surface area (Å²) in [5.74, 6) is -1.03. The Morgan fingerprint density at radius 1 is 1.35 bits per heavy atom. The minimum atomic E-state index is -0.540. The molecule has 1 aromatic carbocycles. The summed E-state index contributed by atoms with van der Waals surface area (Å²) in [4.78, 5) is 0. The summed E-state index contributed by atoms with van der Waals surface area (Å²) in [5.41, 5.74) is 6.33. The molecular weight excluding hydrogens is 222 g/mol. The molecule has 0 aliphatic heterocycles. The van der Waals surface area contributed by atoms with E-state index in [1.165, 1.54) is 12.1 Å². The van der Waals surface area contributed by atoms with Gasteiger partial charge in [-0.05, 0) is 32.3 Å². The molecule has 0 bridgehead atoms. The van der Waals surface area contributed by atoms with Crippen molar-refractivity contribution in [2.24, 2.45) is 5.73 Å². The van der Waals surface area contributed by atoms with Crippen LogP contribution in [0.1, 0.15) is 37.8 Å². The van der Waals surface area contributed by atoms with Gasteiger partial charge in [-0.15, -0.1) is 0 Å². The third-order valence-corrected chi connectivity index (χ3v) is 3.39. The first-order chi connectivity index (χ1) is 8.06. The SMILES string of the molecule is CC(NC1CCC(N)C1)c1ccc(F)cc1F. The van der Waals surface area contributed by atoms with Crippen molar-refractivity contribution in [3.63, 3.8) is 0 Å². The molecule has 0 heterocycles. The van der Waals surface area contributed by atoms with Crippen molar-refractivity contribution in [3.05, 3.63) is 35.4 Å². The summed E-state index contributed by atoms with van der Waals surface area (Å²) in [6.45, 7) is 1.89.